The summed E-state index contributed by atoms with van der Waals surface area (Å²) >= 11 is 0. The Morgan fingerprint density at radius 1 is 0.700 bits per heavy atom. The van der Waals surface area contributed by atoms with Crippen LogP contribution >= 0.6 is 0 Å². The fourth-order valence-electron chi connectivity index (χ4n) is 5.16. The second-order valence-corrected chi connectivity index (χ2v) is 9.44. The number of fused-ring (bicyclic) bond motifs is 4. The molecule has 8 rings (SSSR count). The summed E-state index contributed by atoms with van der Waals surface area (Å²) in [7, 11) is 0. The van der Waals surface area contributed by atoms with Crippen molar-refractivity contribution in [3.63, 3.8) is 0 Å². The normalized spacial score (nSPS) is 16.4. The van der Waals surface area contributed by atoms with Crippen molar-refractivity contribution in [3.8, 4) is 0 Å². The van der Waals surface area contributed by atoms with E-state index >= 15 is 0 Å². The Kier molecular flexibility index (Phi) is 5.70. The molecule has 0 bridgehead atoms. The number of imidazole rings is 2. The number of hydrogen-bond donors (Lipinski definition) is 0. The minimum absolute atomic E-state index is 0.221. The molecule has 6 heterocycles. The highest BCUT2D eigenvalue weighted by molar-refractivity contribution is 6.06. The van der Waals surface area contributed by atoms with Crippen molar-refractivity contribution in [1.82, 2.24) is 18.8 Å². The zero-order chi connectivity index (χ0) is 27.1. The van der Waals surface area contributed by atoms with Gasteiger partial charge >= 0.3 is 11.9 Å². The molecule has 194 valence electrons. The molecule has 2 aliphatic rings. The van der Waals surface area contributed by atoms with Gasteiger partial charge in [-0.3, -0.25) is 0 Å². The lowest BCUT2D eigenvalue weighted by atomic mass is 10.00. The number of pyridine rings is 2. The smallest absolute Gasteiger partial charge is 0.344 e. The standard InChI is InChI=1S/C16H12N2O2.C16H10N2O2/c2*19-16-13-6-2-1-5-12(13)14(20-16)10-11-4-3-8-18-9-7-17-15(11)18/h1-9,14H,10H2;1-10H/b;14-10-. The van der Waals surface area contributed by atoms with E-state index in [1.807, 2.05) is 106 Å². The number of benzene rings is 2. The van der Waals surface area contributed by atoms with Crippen LogP contribution in [0.15, 0.2) is 110 Å². The van der Waals surface area contributed by atoms with Gasteiger partial charge in [-0.15, -0.1) is 0 Å². The first kappa shape index (κ1) is 23.6. The number of ether oxygens (including phenoxy) is 2. The Morgan fingerprint density at radius 2 is 1.38 bits per heavy atom. The van der Waals surface area contributed by atoms with Crippen LogP contribution in [-0.2, 0) is 15.9 Å². The van der Waals surface area contributed by atoms with Gasteiger partial charge in [-0.1, -0.05) is 42.5 Å². The van der Waals surface area contributed by atoms with Crippen LogP contribution in [0.1, 0.15) is 49.1 Å². The molecule has 0 amide bonds. The largest absolute Gasteiger partial charge is 0.454 e. The lowest BCUT2D eigenvalue weighted by Gasteiger charge is -2.11. The highest BCUT2D eigenvalue weighted by atomic mass is 16.6. The highest BCUT2D eigenvalue weighted by Gasteiger charge is 2.31. The number of carbonyl (C=O) groups excluding carboxylic acids is 2. The Labute approximate surface area is 228 Å². The molecule has 0 saturated carbocycles. The molecule has 0 N–H and O–H groups in total. The summed E-state index contributed by atoms with van der Waals surface area (Å²) in [5.41, 5.74) is 6.80. The molecule has 1 atom stereocenters. The van der Waals surface area contributed by atoms with Crippen molar-refractivity contribution in [3.05, 3.63) is 143 Å². The quantitative estimate of drug-likeness (QED) is 0.271. The fourth-order valence-corrected chi connectivity index (χ4v) is 5.16. The van der Waals surface area contributed by atoms with Gasteiger partial charge in [0.05, 0.1) is 11.1 Å². The van der Waals surface area contributed by atoms with Crippen molar-refractivity contribution >= 4 is 35.1 Å². The van der Waals surface area contributed by atoms with E-state index in [-0.39, 0.29) is 18.0 Å². The van der Waals surface area contributed by atoms with Gasteiger partial charge in [0.15, 0.2) is 0 Å². The molecule has 8 heteroatoms. The van der Waals surface area contributed by atoms with Crippen LogP contribution in [0, 0.1) is 0 Å². The molecule has 0 radical (unpaired) electrons. The summed E-state index contributed by atoms with van der Waals surface area (Å²) < 4.78 is 14.7. The second-order valence-electron chi connectivity index (χ2n) is 9.44. The van der Waals surface area contributed by atoms with Crippen LogP contribution in [0.2, 0.25) is 0 Å². The first-order valence-electron chi connectivity index (χ1n) is 12.8. The van der Waals surface area contributed by atoms with E-state index in [1.165, 1.54) is 0 Å². The Balaban J connectivity index is 0.000000132. The lowest BCUT2D eigenvalue weighted by molar-refractivity contribution is 0.0387. The number of rotatable bonds is 3. The van der Waals surface area contributed by atoms with Crippen LogP contribution in [-0.4, -0.2) is 30.7 Å². The molecule has 2 aliphatic heterocycles. The van der Waals surface area contributed by atoms with Gasteiger partial charge in [0.1, 0.15) is 23.2 Å². The summed E-state index contributed by atoms with van der Waals surface area (Å²) in [6.45, 7) is 0. The Bertz CT molecular complexity index is 1950. The van der Waals surface area contributed by atoms with E-state index in [4.69, 9.17) is 9.47 Å². The maximum Gasteiger partial charge on any atom is 0.344 e. The number of esters is 2. The summed E-state index contributed by atoms with van der Waals surface area (Å²) in [5.74, 6) is 0.0322. The molecule has 1 unspecified atom stereocenters. The summed E-state index contributed by atoms with van der Waals surface area (Å²) in [4.78, 5) is 32.3. The molecule has 40 heavy (non-hydrogen) atoms. The summed E-state index contributed by atoms with van der Waals surface area (Å²) in [5, 5.41) is 0. The molecular formula is C32H22N4O4. The van der Waals surface area contributed by atoms with E-state index < -0.39 is 0 Å². The number of aromatic nitrogens is 4. The zero-order valence-corrected chi connectivity index (χ0v) is 21.2. The zero-order valence-electron chi connectivity index (χ0n) is 21.2. The van der Waals surface area contributed by atoms with Crippen molar-refractivity contribution in [2.45, 2.75) is 12.5 Å². The first-order chi connectivity index (χ1) is 19.7. The molecular weight excluding hydrogens is 504 g/mol. The van der Waals surface area contributed by atoms with Gasteiger partial charge < -0.3 is 18.3 Å². The van der Waals surface area contributed by atoms with Crippen LogP contribution in [0.5, 0.6) is 0 Å². The molecule has 6 aromatic rings. The van der Waals surface area contributed by atoms with Gasteiger partial charge in [0, 0.05) is 60.3 Å². The molecule has 0 spiro atoms. The van der Waals surface area contributed by atoms with Gasteiger partial charge in [-0.2, -0.15) is 0 Å². The third-order valence-electron chi connectivity index (χ3n) is 7.03. The maximum atomic E-state index is 11.8. The number of nitrogens with zero attached hydrogens (tertiary/aromatic N) is 4. The predicted octanol–water partition coefficient (Wildman–Crippen LogP) is 5.79. The lowest BCUT2D eigenvalue weighted by Crippen LogP contribution is -2.04. The van der Waals surface area contributed by atoms with E-state index in [0.29, 0.717) is 23.3 Å². The summed E-state index contributed by atoms with van der Waals surface area (Å²) in [6, 6.07) is 22.8. The van der Waals surface area contributed by atoms with Crippen LogP contribution in [0.3, 0.4) is 0 Å². The third-order valence-corrected chi connectivity index (χ3v) is 7.03. The molecule has 8 nitrogen and oxygen atoms in total. The Morgan fingerprint density at radius 3 is 2.20 bits per heavy atom. The first-order valence-corrected chi connectivity index (χ1v) is 12.8. The van der Waals surface area contributed by atoms with Crippen LogP contribution in [0.25, 0.3) is 23.1 Å². The highest BCUT2D eigenvalue weighted by Crippen LogP contribution is 2.34. The maximum absolute atomic E-state index is 11.8. The summed E-state index contributed by atoms with van der Waals surface area (Å²) in [6.07, 6.45) is 13.5. The molecule has 2 aromatic carbocycles. The molecule has 0 aliphatic carbocycles. The van der Waals surface area contributed by atoms with E-state index in [2.05, 4.69) is 9.97 Å². The number of cyclic esters (lactones) is 2. The van der Waals surface area contributed by atoms with E-state index in [0.717, 1.165) is 33.5 Å². The monoisotopic (exact) mass is 526 g/mol. The van der Waals surface area contributed by atoms with Crippen molar-refractivity contribution < 1.29 is 19.1 Å². The molecule has 0 saturated heterocycles. The van der Waals surface area contributed by atoms with Gasteiger partial charge in [-0.25, -0.2) is 19.6 Å². The minimum Gasteiger partial charge on any atom is -0.454 e. The minimum atomic E-state index is -0.304. The van der Waals surface area contributed by atoms with Crippen LogP contribution in [0.4, 0.5) is 0 Å². The second kappa shape index (κ2) is 9.67. The predicted molar refractivity (Wildman–Crippen MR) is 148 cm³/mol. The average molecular weight is 527 g/mol. The van der Waals surface area contributed by atoms with E-state index in [1.54, 1.807) is 18.5 Å². The molecule has 4 aromatic heterocycles. The van der Waals surface area contributed by atoms with Crippen LogP contribution < -0.4 is 0 Å². The van der Waals surface area contributed by atoms with Crippen molar-refractivity contribution in [1.29, 1.82) is 0 Å². The van der Waals surface area contributed by atoms with Gasteiger partial charge in [0.2, 0.25) is 0 Å². The van der Waals surface area contributed by atoms with Gasteiger partial charge in [0.25, 0.3) is 0 Å². The fraction of sp³-hybridized carbons (Fsp3) is 0.0625. The SMILES string of the molecule is O=C1O/C(=C\c2cccn3ccnc23)c2ccccc21.O=C1OC(Cc2cccn3ccnc23)c2ccccc21. The third kappa shape index (κ3) is 4.12. The average Bonchev–Trinajstić information content (AvgIpc) is 3.77. The molecule has 0 fully saturated rings. The Hall–Kier alpha value is -5.50. The van der Waals surface area contributed by atoms with Crippen molar-refractivity contribution in [2.24, 2.45) is 0 Å². The topological polar surface area (TPSA) is 87.2 Å². The number of hydrogen-bond acceptors (Lipinski definition) is 6. The number of carbonyl (C=O) groups is 2. The van der Waals surface area contributed by atoms with E-state index in [9.17, 15) is 9.59 Å². The van der Waals surface area contributed by atoms with Gasteiger partial charge in [-0.05, 0) is 42.0 Å². The van der Waals surface area contributed by atoms with Crippen molar-refractivity contribution in [2.75, 3.05) is 0 Å².